The smallest absolute Gasteiger partial charge is 0.259 e. The number of benzene rings is 2. The summed E-state index contributed by atoms with van der Waals surface area (Å²) < 4.78 is 14.7. The Morgan fingerprint density at radius 2 is 1.71 bits per heavy atom. The highest BCUT2D eigenvalue weighted by molar-refractivity contribution is 6.30. The average molecular weight is 344 g/mol. The quantitative estimate of drug-likeness (QED) is 0.759. The number of carbonyl (C=O) groups is 1. The normalized spacial score (nSPS) is 10.7. The summed E-state index contributed by atoms with van der Waals surface area (Å²) in [5, 5.41) is 7.83. The summed E-state index contributed by atoms with van der Waals surface area (Å²) in [6.45, 7) is 3.57. The Balaban J connectivity index is 1.92. The van der Waals surface area contributed by atoms with E-state index in [9.17, 15) is 9.18 Å². The molecule has 0 unspecified atom stereocenters. The van der Waals surface area contributed by atoms with E-state index < -0.39 is 0 Å². The minimum Gasteiger partial charge on any atom is -0.322 e. The van der Waals surface area contributed by atoms with Gasteiger partial charge in [0, 0.05) is 10.7 Å². The van der Waals surface area contributed by atoms with Crippen molar-refractivity contribution in [3.05, 3.63) is 76.3 Å². The van der Waals surface area contributed by atoms with E-state index in [0.29, 0.717) is 33.3 Å². The molecule has 1 heterocycles. The lowest BCUT2D eigenvalue weighted by Crippen LogP contribution is -2.14. The molecule has 3 aromatic rings. The van der Waals surface area contributed by atoms with Gasteiger partial charge in [0.05, 0.1) is 22.6 Å². The molecule has 3 rings (SSSR count). The predicted molar refractivity (Wildman–Crippen MR) is 92.4 cm³/mol. The van der Waals surface area contributed by atoms with Crippen molar-refractivity contribution in [1.82, 2.24) is 9.78 Å². The molecule has 2 aromatic carbocycles. The van der Waals surface area contributed by atoms with Crippen LogP contribution >= 0.6 is 11.6 Å². The molecule has 24 heavy (non-hydrogen) atoms. The molecule has 0 aliphatic heterocycles. The lowest BCUT2D eigenvalue weighted by atomic mass is 10.1. The summed E-state index contributed by atoms with van der Waals surface area (Å²) in [5.41, 5.74) is 3.13. The minimum absolute atomic E-state index is 0.249. The number of aryl methyl sites for hydroxylation is 1. The lowest BCUT2D eigenvalue weighted by molar-refractivity contribution is 0.102. The second kappa shape index (κ2) is 6.45. The molecular weight excluding hydrogens is 329 g/mol. The molecular formula is C18H15ClFN3O. The summed E-state index contributed by atoms with van der Waals surface area (Å²) >= 11 is 5.85. The first-order valence-electron chi connectivity index (χ1n) is 7.35. The standard InChI is InChI=1S/C18H15ClFN3O/c1-11-17(18(24)21-15-7-3-13(19)4-8-15)12(2)23(22-11)16-9-5-14(20)6-10-16/h3-10H,1-2H3,(H,21,24). The number of rotatable bonds is 3. The largest absolute Gasteiger partial charge is 0.322 e. The van der Waals surface area contributed by atoms with Crippen molar-refractivity contribution in [2.45, 2.75) is 13.8 Å². The first kappa shape index (κ1) is 16.2. The Morgan fingerprint density at radius 3 is 2.33 bits per heavy atom. The zero-order chi connectivity index (χ0) is 17.3. The van der Waals surface area contributed by atoms with E-state index in [1.165, 1.54) is 12.1 Å². The third kappa shape index (κ3) is 3.16. The van der Waals surface area contributed by atoms with E-state index in [0.717, 1.165) is 0 Å². The SMILES string of the molecule is Cc1nn(-c2ccc(F)cc2)c(C)c1C(=O)Nc1ccc(Cl)cc1. The summed E-state index contributed by atoms with van der Waals surface area (Å²) in [7, 11) is 0. The van der Waals surface area contributed by atoms with Gasteiger partial charge in [-0.05, 0) is 62.4 Å². The van der Waals surface area contributed by atoms with Crippen LogP contribution in [0.1, 0.15) is 21.7 Å². The molecule has 0 fully saturated rings. The summed E-state index contributed by atoms with van der Waals surface area (Å²) in [4.78, 5) is 12.6. The highest BCUT2D eigenvalue weighted by atomic mass is 35.5. The molecule has 0 spiro atoms. The van der Waals surface area contributed by atoms with Gasteiger partial charge in [0.25, 0.3) is 5.91 Å². The maximum absolute atomic E-state index is 13.1. The van der Waals surface area contributed by atoms with Crippen LogP contribution < -0.4 is 5.32 Å². The highest BCUT2D eigenvalue weighted by Gasteiger charge is 2.19. The van der Waals surface area contributed by atoms with Crippen LogP contribution in [0.4, 0.5) is 10.1 Å². The molecule has 1 amide bonds. The van der Waals surface area contributed by atoms with Crippen molar-refractivity contribution in [3.8, 4) is 5.69 Å². The van der Waals surface area contributed by atoms with Gasteiger partial charge in [-0.3, -0.25) is 4.79 Å². The van der Waals surface area contributed by atoms with Crippen molar-refractivity contribution in [1.29, 1.82) is 0 Å². The van der Waals surface area contributed by atoms with Gasteiger partial charge in [0.15, 0.2) is 0 Å². The number of carbonyl (C=O) groups excluding carboxylic acids is 1. The Hall–Kier alpha value is -2.66. The fourth-order valence-electron chi connectivity index (χ4n) is 2.53. The van der Waals surface area contributed by atoms with Crippen molar-refractivity contribution in [2.75, 3.05) is 5.32 Å². The zero-order valence-electron chi connectivity index (χ0n) is 13.2. The number of anilines is 1. The molecule has 1 N–H and O–H groups in total. The highest BCUT2D eigenvalue weighted by Crippen LogP contribution is 2.20. The maximum atomic E-state index is 13.1. The van der Waals surface area contributed by atoms with Gasteiger partial charge in [-0.15, -0.1) is 0 Å². The van der Waals surface area contributed by atoms with Crippen LogP contribution in [0, 0.1) is 19.7 Å². The Kier molecular flexibility index (Phi) is 4.36. The second-order valence-electron chi connectivity index (χ2n) is 5.40. The topological polar surface area (TPSA) is 46.9 Å². The van der Waals surface area contributed by atoms with Crippen LogP contribution in [0.2, 0.25) is 5.02 Å². The van der Waals surface area contributed by atoms with Crippen molar-refractivity contribution in [2.24, 2.45) is 0 Å². The van der Waals surface area contributed by atoms with E-state index in [1.807, 2.05) is 0 Å². The third-order valence-corrected chi connectivity index (χ3v) is 3.94. The molecule has 122 valence electrons. The van der Waals surface area contributed by atoms with Crippen molar-refractivity contribution >= 4 is 23.2 Å². The number of halogens is 2. The summed E-state index contributed by atoms with van der Waals surface area (Å²) in [5.74, 6) is -0.568. The van der Waals surface area contributed by atoms with E-state index in [-0.39, 0.29) is 11.7 Å². The van der Waals surface area contributed by atoms with Crippen LogP contribution in [-0.2, 0) is 0 Å². The fraction of sp³-hybridized carbons (Fsp3) is 0.111. The number of amides is 1. The Bertz CT molecular complexity index is 886. The first-order chi connectivity index (χ1) is 11.5. The maximum Gasteiger partial charge on any atom is 0.259 e. The van der Waals surface area contributed by atoms with E-state index in [2.05, 4.69) is 10.4 Å². The van der Waals surface area contributed by atoms with Gasteiger partial charge in [0.1, 0.15) is 5.82 Å². The lowest BCUT2D eigenvalue weighted by Gasteiger charge is -2.07. The first-order valence-corrected chi connectivity index (χ1v) is 7.72. The molecule has 4 nitrogen and oxygen atoms in total. The third-order valence-electron chi connectivity index (χ3n) is 3.69. The van der Waals surface area contributed by atoms with Crippen LogP contribution in [-0.4, -0.2) is 15.7 Å². The van der Waals surface area contributed by atoms with Gasteiger partial charge in [0.2, 0.25) is 0 Å². The van der Waals surface area contributed by atoms with Crippen molar-refractivity contribution in [3.63, 3.8) is 0 Å². The molecule has 0 aliphatic carbocycles. The second-order valence-corrected chi connectivity index (χ2v) is 5.83. The van der Waals surface area contributed by atoms with E-state index >= 15 is 0 Å². The predicted octanol–water partition coefficient (Wildman–Crippen LogP) is 4.53. The molecule has 1 aromatic heterocycles. The minimum atomic E-state index is -0.319. The zero-order valence-corrected chi connectivity index (χ0v) is 13.9. The number of nitrogens with one attached hydrogen (secondary N) is 1. The summed E-state index contributed by atoms with van der Waals surface area (Å²) in [6.07, 6.45) is 0. The van der Waals surface area contributed by atoms with E-state index in [4.69, 9.17) is 11.6 Å². The fourth-order valence-corrected chi connectivity index (χ4v) is 2.66. The molecule has 0 radical (unpaired) electrons. The van der Waals surface area contributed by atoms with Crippen LogP contribution in [0.3, 0.4) is 0 Å². The van der Waals surface area contributed by atoms with Gasteiger partial charge in [-0.2, -0.15) is 5.10 Å². The van der Waals surface area contributed by atoms with Gasteiger partial charge >= 0.3 is 0 Å². The molecule has 0 saturated heterocycles. The van der Waals surface area contributed by atoms with Gasteiger partial charge < -0.3 is 5.32 Å². The molecule has 0 atom stereocenters. The van der Waals surface area contributed by atoms with Gasteiger partial charge in [-0.25, -0.2) is 9.07 Å². The van der Waals surface area contributed by atoms with E-state index in [1.54, 1.807) is 54.9 Å². The molecule has 0 saturated carbocycles. The Labute approximate surface area is 143 Å². The average Bonchev–Trinajstić information content (AvgIpc) is 2.85. The van der Waals surface area contributed by atoms with Crippen LogP contribution in [0.25, 0.3) is 5.69 Å². The van der Waals surface area contributed by atoms with Crippen LogP contribution in [0.5, 0.6) is 0 Å². The number of nitrogens with zero attached hydrogens (tertiary/aromatic N) is 2. The van der Waals surface area contributed by atoms with Gasteiger partial charge in [-0.1, -0.05) is 11.6 Å². The summed E-state index contributed by atoms with van der Waals surface area (Å²) in [6, 6.07) is 12.8. The Morgan fingerprint density at radius 1 is 1.08 bits per heavy atom. The van der Waals surface area contributed by atoms with Crippen molar-refractivity contribution < 1.29 is 9.18 Å². The number of aromatic nitrogens is 2. The molecule has 6 heteroatoms. The molecule has 0 aliphatic rings. The number of hydrogen-bond donors (Lipinski definition) is 1. The monoisotopic (exact) mass is 343 g/mol. The van der Waals surface area contributed by atoms with Crippen LogP contribution in [0.15, 0.2) is 48.5 Å². The number of hydrogen-bond acceptors (Lipinski definition) is 2. The molecule has 0 bridgehead atoms.